The third-order valence-electron chi connectivity index (χ3n) is 3.76. The summed E-state index contributed by atoms with van der Waals surface area (Å²) < 4.78 is 5.39. The molecular weight excluding hydrogens is 314 g/mol. The molecule has 0 aromatic heterocycles. The number of halogens is 1. The van der Waals surface area contributed by atoms with Crippen LogP contribution in [0, 0.1) is 0 Å². The molecule has 23 heavy (non-hydrogen) atoms. The van der Waals surface area contributed by atoms with Crippen molar-refractivity contribution < 1.29 is 14.6 Å². The molecule has 4 nitrogen and oxygen atoms in total. The smallest absolute Gasteiger partial charge is 0.335 e. The van der Waals surface area contributed by atoms with Gasteiger partial charge in [-0.3, -0.25) is 0 Å². The van der Waals surface area contributed by atoms with Crippen molar-refractivity contribution >= 4 is 23.3 Å². The third kappa shape index (κ3) is 3.96. The van der Waals surface area contributed by atoms with Crippen LogP contribution in [-0.2, 0) is 6.42 Å². The second-order valence-electron chi connectivity index (χ2n) is 5.28. The highest BCUT2D eigenvalue weighted by atomic mass is 35.5. The number of carboxylic acid groups (broad SMARTS) is 1. The summed E-state index contributed by atoms with van der Waals surface area (Å²) in [7, 11) is 1.62. The first kappa shape index (κ1) is 17.2. The molecule has 0 bridgehead atoms. The zero-order valence-electron chi connectivity index (χ0n) is 13.4. The molecule has 0 spiro atoms. The number of methoxy groups -OCH3 is 1. The van der Waals surface area contributed by atoms with Crippen molar-refractivity contribution in [3.05, 3.63) is 58.1 Å². The Labute approximate surface area is 141 Å². The van der Waals surface area contributed by atoms with Crippen LogP contribution >= 0.6 is 11.6 Å². The molecule has 0 saturated carbocycles. The summed E-state index contributed by atoms with van der Waals surface area (Å²) in [5, 5.41) is 13.2. The lowest BCUT2D eigenvalue weighted by molar-refractivity contribution is 0.0697. The van der Waals surface area contributed by atoms with E-state index in [0.29, 0.717) is 10.6 Å². The van der Waals surface area contributed by atoms with Crippen molar-refractivity contribution in [2.24, 2.45) is 0 Å². The number of carboxylic acids is 1. The number of nitrogens with one attached hydrogen (secondary N) is 1. The molecule has 2 aromatic carbocycles. The molecule has 0 aliphatic carbocycles. The van der Waals surface area contributed by atoms with Crippen LogP contribution in [0.2, 0.25) is 5.02 Å². The first-order valence-corrected chi connectivity index (χ1v) is 7.80. The summed E-state index contributed by atoms with van der Waals surface area (Å²) in [6, 6.07) is 10.6. The Kier molecular flexibility index (Phi) is 5.50. The Morgan fingerprint density at radius 2 is 2.04 bits per heavy atom. The van der Waals surface area contributed by atoms with E-state index in [1.54, 1.807) is 31.4 Å². The van der Waals surface area contributed by atoms with E-state index in [1.165, 1.54) is 0 Å². The molecule has 1 atom stereocenters. The lowest BCUT2D eigenvalue weighted by Crippen LogP contribution is -2.10. The highest BCUT2D eigenvalue weighted by Crippen LogP contribution is 2.31. The minimum Gasteiger partial charge on any atom is -0.496 e. The standard InChI is InChI=1S/C18H20ClNO3/c1-4-12-9-13(18(21)22)5-7-16(12)20-11(2)15-10-14(19)6-8-17(15)23-3/h5-11,20H,4H2,1-3H3,(H,21,22). The van der Waals surface area contributed by atoms with Crippen LogP contribution in [0.3, 0.4) is 0 Å². The fraction of sp³-hybridized carbons (Fsp3) is 0.278. The summed E-state index contributed by atoms with van der Waals surface area (Å²) in [6.45, 7) is 4.01. The summed E-state index contributed by atoms with van der Waals surface area (Å²) in [6.07, 6.45) is 0.739. The van der Waals surface area contributed by atoms with Crippen LogP contribution in [0.4, 0.5) is 5.69 Å². The molecule has 1 unspecified atom stereocenters. The van der Waals surface area contributed by atoms with E-state index in [-0.39, 0.29) is 6.04 Å². The van der Waals surface area contributed by atoms with Gasteiger partial charge in [-0.1, -0.05) is 18.5 Å². The second kappa shape index (κ2) is 7.38. The molecule has 122 valence electrons. The fourth-order valence-corrected chi connectivity index (χ4v) is 2.70. The van der Waals surface area contributed by atoms with Crippen molar-refractivity contribution in [1.82, 2.24) is 0 Å². The van der Waals surface area contributed by atoms with Gasteiger partial charge >= 0.3 is 5.97 Å². The van der Waals surface area contributed by atoms with Crippen molar-refractivity contribution in [3.63, 3.8) is 0 Å². The monoisotopic (exact) mass is 333 g/mol. The highest BCUT2D eigenvalue weighted by Gasteiger charge is 2.14. The molecule has 0 amide bonds. The quantitative estimate of drug-likeness (QED) is 0.798. The van der Waals surface area contributed by atoms with Crippen LogP contribution < -0.4 is 10.1 Å². The van der Waals surface area contributed by atoms with E-state index in [9.17, 15) is 4.79 Å². The maximum absolute atomic E-state index is 11.1. The maximum Gasteiger partial charge on any atom is 0.335 e. The van der Waals surface area contributed by atoms with Crippen LogP contribution in [0.5, 0.6) is 5.75 Å². The Hall–Kier alpha value is -2.20. The zero-order chi connectivity index (χ0) is 17.0. The van der Waals surface area contributed by atoms with Crippen molar-refractivity contribution in [2.75, 3.05) is 12.4 Å². The van der Waals surface area contributed by atoms with Gasteiger partial charge in [-0.25, -0.2) is 4.79 Å². The highest BCUT2D eigenvalue weighted by molar-refractivity contribution is 6.30. The minimum absolute atomic E-state index is 0.0374. The van der Waals surface area contributed by atoms with Gasteiger partial charge in [0.25, 0.3) is 0 Å². The van der Waals surface area contributed by atoms with Crippen LogP contribution in [-0.4, -0.2) is 18.2 Å². The second-order valence-corrected chi connectivity index (χ2v) is 5.72. The topological polar surface area (TPSA) is 58.6 Å². The number of anilines is 1. The SMILES string of the molecule is CCc1cc(C(=O)O)ccc1NC(C)c1cc(Cl)ccc1OC. The van der Waals surface area contributed by atoms with E-state index in [2.05, 4.69) is 5.32 Å². The number of hydrogen-bond donors (Lipinski definition) is 2. The fourth-order valence-electron chi connectivity index (χ4n) is 2.51. The van der Waals surface area contributed by atoms with Gasteiger partial charge in [0.15, 0.2) is 0 Å². The largest absolute Gasteiger partial charge is 0.496 e. The molecule has 0 saturated heterocycles. The third-order valence-corrected chi connectivity index (χ3v) is 4.00. The van der Waals surface area contributed by atoms with Gasteiger partial charge in [0, 0.05) is 16.3 Å². The lowest BCUT2D eigenvalue weighted by Gasteiger charge is -2.20. The van der Waals surface area contributed by atoms with Crippen LogP contribution in [0.15, 0.2) is 36.4 Å². The van der Waals surface area contributed by atoms with Crippen molar-refractivity contribution in [3.8, 4) is 5.75 Å². The average Bonchev–Trinajstić information content (AvgIpc) is 2.54. The molecule has 0 aliphatic rings. The van der Waals surface area contributed by atoms with E-state index >= 15 is 0 Å². The molecule has 5 heteroatoms. The number of rotatable bonds is 6. The first-order valence-electron chi connectivity index (χ1n) is 7.42. The molecular formula is C18H20ClNO3. The number of hydrogen-bond acceptors (Lipinski definition) is 3. The molecule has 0 heterocycles. The normalized spacial score (nSPS) is 11.8. The van der Waals surface area contributed by atoms with Crippen molar-refractivity contribution in [1.29, 1.82) is 0 Å². The molecule has 0 aliphatic heterocycles. The Balaban J connectivity index is 2.31. The van der Waals surface area contributed by atoms with Crippen molar-refractivity contribution in [2.45, 2.75) is 26.3 Å². The summed E-state index contributed by atoms with van der Waals surface area (Å²) in [5.74, 6) is -0.162. The summed E-state index contributed by atoms with van der Waals surface area (Å²) in [5.41, 5.74) is 3.11. The van der Waals surface area contributed by atoms with Gasteiger partial charge in [0.2, 0.25) is 0 Å². The van der Waals surface area contributed by atoms with Gasteiger partial charge in [-0.15, -0.1) is 0 Å². The predicted octanol–water partition coefficient (Wildman–Crippen LogP) is 4.78. The predicted molar refractivity (Wildman–Crippen MR) is 92.8 cm³/mol. The van der Waals surface area contributed by atoms with Gasteiger partial charge in [-0.05, 0) is 55.3 Å². The maximum atomic E-state index is 11.1. The average molecular weight is 334 g/mol. The van der Waals surface area contributed by atoms with Crippen LogP contribution in [0.25, 0.3) is 0 Å². The lowest BCUT2D eigenvalue weighted by atomic mass is 10.0. The molecule has 2 N–H and O–H groups in total. The molecule has 0 radical (unpaired) electrons. The first-order chi connectivity index (χ1) is 11.0. The number of carbonyl (C=O) groups is 1. The minimum atomic E-state index is -0.921. The van der Waals surface area contributed by atoms with E-state index in [0.717, 1.165) is 29.0 Å². The number of aromatic carboxylic acids is 1. The van der Waals surface area contributed by atoms with E-state index in [1.807, 2.05) is 26.0 Å². The Bertz CT molecular complexity index is 715. The Morgan fingerprint density at radius 3 is 2.65 bits per heavy atom. The summed E-state index contributed by atoms with van der Waals surface area (Å²) >= 11 is 6.09. The van der Waals surface area contributed by atoms with Crippen LogP contribution in [0.1, 0.15) is 41.4 Å². The van der Waals surface area contributed by atoms with Gasteiger partial charge in [0.1, 0.15) is 5.75 Å². The number of benzene rings is 2. The number of ether oxygens (including phenoxy) is 1. The molecule has 0 fully saturated rings. The zero-order valence-corrected chi connectivity index (χ0v) is 14.1. The van der Waals surface area contributed by atoms with Gasteiger partial charge in [-0.2, -0.15) is 0 Å². The Morgan fingerprint density at radius 1 is 1.30 bits per heavy atom. The number of aryl methyl sites for hydroxylation is 1. The summed E-state index contributed by atoms with van der Waals surface area (Å²) in [4.78, 5) is 11.1. The molecule has 2 rings (SSSR count). The van der Waals surface area contributed by atoms with E-state index < -0.39 is 5.97 Å². The van der Waals surface area contributed by atoms with E-state index in [4.69, 9.17) is 21.4 Å². The van der Waals surface area contributed by atoms with Gasteiger partial charge in [0.05, 0.1) is 18.7 Å². The molecule has 2 aromatic rings. The van der Waals surface area contributed by atoms with Gasteiger partial charge < -0.3 is 15.2 Å².